The smallest absolute Gasteiger partial charge is 0.0473 e. The molecule has 0 aliphatic carbocycles. The van der Waals surface area contributed by atoms with E-state index in [4.69, 9.17) is 5.73 Å². The van der Waals surface area contributed by atoms with Gasteiger partial charge < -0.3 is 5.73 Å². The average Bonchev–Trinajstić information content (AvgIpc) is 2.74. The lowest BCUT2D eigenvalue weighted by Crippen LogP contribution is -1.97. The predicted molar refractivity (Wildman–Crippen MR) is 117 cm³/mol. The summed E-state index contributed by atoms with van der Waals surface area (Å²) >= 11 is 0. The Hall–Kier alpha value is -3.58. The first-order valence-electron chi connectivity index (χ1n) is 9.09. The van der Waals surface area contributed by atoms with Gasteiger partial charge in [-0.15, -0.1) is 0 Å². The summed E-state index contributed by atoms with van der Waals surface area (Å²) in [4.78, 5) is 0. The second-order valence-corrected chi connectivity index (χ2v) is 6.47. The molecule has 0 aliphatic heterocycles. The molecule has 0 spiro atoms. The number of nitrogens with two attached hydrogens (primary N) is 1. The van der Waals surface area contributed by atoms with Crippen LogP contribution in [0.1, 0.15) is 11.1 Å². The Morgan fingerprint density at radius 1 is 0.519 bits per heavy atom. The SMILES string of the molecule is Nc1c(C=Cc2ccccc2)ccc(-c2ccccc2)c1-c1ccccc1. The molecular weight excluding hydrogens is 326 g/mol. The van der Waals surface area contributed by atoms with Gasteiger partial charge in [-0.3, -0.25) is 0 Å². The molecular formula is C26H21N. The Kier molecular flexibility index (Phi) is 4.84. The summed E-state index contributed by atoms with van der Waals surface area (Å²) in [5, 5.41) is 0. The van der Waals surface area contributed by atoms with E-state index in [-0.39, 0.29) is 0 Å². The van der Waals surface area contributed by atoms with Crippen LogP contribution in [0.25, 0.3) is 34.4 Å². The van der Waals surface area contributed by atoms with Gasteiger partial charge in [-0.2, -0.15) is 0 Å². The second kappa shape index (κ2) is 7.76. The monoisotopic (exact) mass is 347 g/mol. The zero-order chi connectivity index (χ0) is 18.5. The minimum Gasteiger partial charge on any atom is -0.398 e. The average molecular weight is 347 g/mol. The van der Waals surface area contributed by atoms with E-state index in [0.717, 1.165) is 33.5 Å². The predicted octanol–water partition coefficient (Wildman–Crippen LogP) is 6.77. The van der Waals surface area contributed by atoms with Crippen molar-refractivity contribution in [3.05, 3.63) is 114 Å². The fourth-order valence-corrected chi connectivity index (χ4v) is 3.31. The van der Waals surface area contributed by atoms with Crippen molar-refractivity contribution >= 4 is 17.8 Å². The van der Waals surface area contributed by atoms with Crippen molar-refractivity contribution in [3.63, 3.8) is 0 Å². The van der Waals surface area contributed by atoms with E-state index >= 15 is 0 Å². The van der Waals surface area contributed by atoms with Crippen molar-refractivity contribution in [2.75, 3.05) is 5.73 Å². The van der Waals surface area contributed by atoms with E-state index in [1.807, 2.05) is 30.3 Å². The molecule has 0 saturated heterocycles. The molecule has 4 rings (SSSR count). The molecule has 130 valence electrons. The zero-order valence-electron chi connectivity index (χ0n) is 15.0. The molecule has 1 heteroatoms. The molecule has 0 bridgehead atoms. The maximum Gasteiger partial charge on any atom is 0.0473 e. The molecule has 2 N–H and O–H groups in total. The lowest BCUT2D eigenvalue weighted by molar-refractivity contribution is 1.56. The number of anilines is 1. The van der Waals surface area contributed by atoms with Crippen LogP contribution in [0, 0.1) is 0 Å². The summed E-state index contributed by atoms with van der Waals surface area (Å²) in [5.41, 5.74) is 14.2. The number of hydrogen-bond acceptors (Lipinski definition) is 1. The van der Waals surface area contributed by atoms with E-state index in [1.54, 1.807) is 0 Å². The molecule has 0 aliphatic rings. The van der Waals surface area contributed by atoms with Gasteiger partial charge in [0.15, 0.2) is 0 Å². The topological polar surface area (TPSA) is 26.0 Å². The first-order chi connectivity index (χ1) is 13.3. The van der Waals surface area contributed by atoms with Crippen LogP contribution in [0.15, 0.2) is 103 Å². The Balaban J connectivity index is 1.86. The van der Waals surface area contributed by atoms with Gasteiger partial charge in [0.25, 0.3) is 0 Å². The zero-order valence-corrected chi connectivity index (χ0v) is 15.0. The summed E-state index contributed by atoms with van der Waals surface area (Å²) in [6.07, 6.45) is 4.19. The fraction of sp³-hybridized carbons (Fsp3) is 0. The van der Waals surface area contributed by atoms with E-state index < -0.39 is 0 Å². The Bertz CT molecular complexity index is 1050. The molecule has 0 aromatic heterocycles. The maximum absolute atomic E-state index is 6.67. The third-order valence-corrected chi connectivity index (χ3v) is 4.68. The molecule has 0 fully saturated rings. The quantitative estimate of drug-likeness (QED) is 0.320. The van der Waals surface area contributed by atoms with Crippen molar-refractivity contribution < 1.29 is 0 Å². The van der Waals surface area contributed by atoms with Gasteiger partial charge in [-0.05, 0) is 27.8 Å². The molecule has 0 radical (unpaired) electrons. The van der Waals surface area contributed by atoms with Crippen LogP contribution in [-0.2, 0) is 0 Å². The largest absolute Gasteiger partial charge is 0.398 e. The minimum absolute atomic E-state index is 0.801. The van der Waals surface area contributed by atoms with Crippen molar-refractivity contribution in [3.8, 4) is 22.3 Å². The van der Waals surface area contributed by atoms with Gasteiger partial charge in [0.05, 0.1) is 0 Å². The van der Waals surface area contributed by atoms with Crippen molar-refractivity contribution in [2.24, 2.45) is 0 Å². The Morgan fingerprint density at radius 3 is 1.70 bits per heavy atom. The maximum atomic E-state index is 6.67. The van der Waals surface area contributed by atoms with E-state index in [9.17, 15) is 0 Å². The molecule has 27 heavy (non-hydrogen) atoms. The third-order valence-electron chi connectivity index (χ3n) is 4.68. The first-order valence-corrected chi connectivity index (χ1v) is 9.09. The van der Waals surface area contributed by atoms with Crippen LogP contribution < -0.4 is 5.73 Å². The molecule has 0 atom stereocenters. The lowest BCUT2D eigenvalue weighted by Gasteiger charge is -2.15. The molecule has 4 aromatic rings. The number of nitrogen functional groups attached to an aromatic ring is 1. The van der Waals surface area contributed by atoms with Crippen LogP contribution >= 0.6 is 0 Å². The molecule has 0 unspecified atom stereocenters. The highest BCUT2D eigenvalue weighted by molar-refractivity contribution is 5.95. The van der Waals surface area contributed by atoms with E-state index in [2.05, 4.69) is 84.9 Å². The molecule has 4 aromatic carbocycles. The summed E-state index contributed by atoms with van der Waals surface area (Å²) in [7, 11) is 0. The molecule has 0 heterocycles. The standard InChI is InChI=1S/C26H21N/c27-26-23(17-16-20-10-4-1-5-11-20)18-19-24(21-12-6-2-7-13-21)25(26)22-14-8-3-9-15-22/h1-19H,27H2. The second-order valence-electron chi connectivity index (χ2n) is 6.47. The number of benzene rings is 4. The highest BCUT2D eigenvalue weighted by atomic mass is 14.6. The fourth-order valence-electron chi connectivity index (χ4n) is 3.31. The van der Waals surface area contributed by atoms with Crippen LogP contribution in [0.3, 0.4) is 0 Å². The molecule has 0 amide bonds. The summed E-state index contributed by atoms with van der Waals surface area (Å²) < 4.78 is 0. The Labute approximate surface area is 160 Å². The summed E-state index contributed by atoms with van der Waals surface area (Å²) in [6.45, 7) is 0. The van der Waals surface area contributed by atoms with Gasteiger partial charge in [-0.1, -0.05) is 115 Å². The number of rotatable bonds is 4. The highest BCUT2D eigenvalue weighted by Crippen LogP contribution is 2.38. The molecule has 0 saturated carbocycles. The highest BCUT2D eigenvalue weighted by Gasteiger charge is 2.13. The van der Waals surface area contributed by atoms with Gasteiger partial charge in [0, 0.05) is 11.3 Å². The van der Waals surface area contributed by atoms with Gasteiger partial charge in [-0.25, -0.2) is 0 Å². The minimum atomic E-state index is 0.801. The van der Waals surface area contributed by atoms with Gasteiger partial charge >= 0.3 is 0 Å². The molecule has 1 nitrogen and oxygen atoms in total. The van der Waals surface area contributed by atoms with E-state index in [1.165, 1.54) is 5.56 Å². The summed E-state index contributed by atoms with van der Waals surface area (Å²) in [6, 6.07) is 35.3. The van der Waals surface area contributed by atoms with Crippen LogP contribution in [0.5, 0.6) is 0 Å². The third kappa shape index (κ3) is 3.68. The Morgan fingerprint density at radius 2 is 1.07 bits per heavy atom. The van der Waals surface area contributed by atoms with Crippen LogP contribution in [-0.4, -0.2) is 0 Å². The number of hydrogen-bond donors (Lipinski definition) is 1. The lowest BCUT2D eigenvalue weighted by atomic mass is 9.90. The first kappa shape index (κ1) is 16.9. The van der Waals surface area contributed by atoms with Crippen molar-refractivity contribution in [1.82, 2.24) is 0 Å². The van der Waals surface area contributed by atoms with Crippen molar-refractivity contribution in [2.45, 2.75) is 0 Å². The van der Waals surface area contributed by atoms with E-state index in [0.29, 0.717) is 0 Å². The van der Waals surface area contributed by atoms with Gasteiger partial charge in [0.2, 0.25) is 0 Å². The van der Waals surface area contributed by atoms with Gasteiger partial charge in [0.1, 0.15) is 0 Å². The van der Waals surface area contributed by atoms with Crippen molar-refractivity contribution in [1.29, 1.82) is 0 Å². The summed E-state index contributed by atoms with van der Waals surface area (Å²) in [5.74, 6) is 0. The van der Waals surface area contributed by atoms with Crippen LogP contribution in [0.2, 0.25) is 0 Å². The van der Waals surface area contributed by atoms with Crippen LogP contribution in [0.4, 0.5) is 5.69 Å². The normalized spacial score (nSPS) is 11.0.